The number of hydrogen-bond acceptors (Lipinski definition) is 6. The van der Waals surface area contributed by atoms with Crippen molar-refractivity contribution < 1.29 is 22.1 Å². The van der Waals surface area contributed by atoms with Crippen LogP contribution < -0.4 is 10.8 Å². The zero-order valence-corrected chi connectivity index (χ0v) is 20.5. The highest BCUT2D eigenvalue weighted by molar-refractivity contribution is 7.86. The molecule has 0 aliphatic rings. The zero-order valence-electron chi connectivity index (χ0n) is 19.7. The molecule has 0 unspecified atom stereocenters. The first-order valence-corrected chi connectivity index (χ1v) is 12.2. The Morgan fingerprint density at radius 3 is 2.52 bits per heavy atom. The van der Waals surface area contributed by atoms with Gasteiger partial charge in [0.05, 0.1) is 22.5 Å². The molecule has 0 saturated carbocycles. The maximum atomic E-state index is 12.5. The van der Waals surface area contributed by atoms with E-state index >= 15 is 0 Å². The van der Waals surface area contributed by atoms with E-state index in [0.29, 0.717) is 19.5 Å². The molecule has 10 heteroatoms. The fraction of sp³-hybridized carbons (Fsp3) is 0.391. The summed E-state index contributed by atoms with van der Waals surface area (Å²) in [7, 11) is -1.87. The fourth-order valence-electron chi connectivity index (χ4n) is 3.33. The predicted octanol–water partition coefficient (Wildman–Crippen LogP) is 2.08. The normalized spacial score (nSPS) is 12.1. The van der Waals surface area contributed by atoms with E-state index < -0.39 is 21.8 Å². The third-order valence-electron chi connectivity index (χ3n) is 4.86. The van der Waals surface area contributed by atoms with E-state index in [1.807, 2.05) is 37.5 Å². The third kappa shape index (κ3) is 6.82. The third-order valence-corrected chi connectivity index (χ3v) is 6.19. The topological polar surface area (TPSA) is 99.5 Å². The second-order valence-electron chi connectivity index (χ2n) is 8.94. The standard InChI is InChI=1S/C23H30BN3O5S/c1-16-5-8-18(9-6-16)33(29,30)31-14-13-27-20-10-7-17(24)15-19(20)26-21(27)11-12-25-22(28)32-23(2,3)4/h5-10,15H,11-14,24H2,1-4H3,(H,25,28). The van der Waals surface area contributed by atoms with Crippen molar-refractivity contribution in [3.8, 4) is 0 Å². The molecule has 33 heavy (non-hydrogen) atoms. The van der Waals surface area contributed by atoms with Crippen molar-refractivity contribution in [1.82, 2.24) is 14.9 Å². The number of aromatic nitrogens is 2. The molecule has 0 radical (unpaired) electrons. The number of carbonyl (C=O) groups excluding carboxylic acids is 1. The Balaban J connectivity index is 1.71. The Morgan fingerprint density at radius 1 is 1.15 bits per heavy atom. The molecule has 0 aliphatic carbocycles. The van der Waals surface area contributed by atoms with E-state index in [1.54, 1.807) is 32.9 Å². The van der Waals surface area contributed by atoms with E-state index in [9.17, 15) is 13.2 Å². The Hall–Kier alpha value is -2.85. The van der Waals surface area contributed by atoms with Gasteiger partial charge in [-0.2, -0.15) is 8.42 Å². The van der Waals surface area contributed by atoms with E-state index in [-0.39, 0.29) is 11.5 Å². The van der Waals surface area contributed by atoms with Gasteiger partial charge >= 0.3 is 6.09 Å². The molecule has 8 nitrogen and oxygen atoms in total. The minimum absolute atomic E-state index is 0.0396. The second-order valence-corrected chi connectivity index (χ2v) is 10.6. The number of imidazole rings is 1. The van der Waals surface area contributed by atoms with Gasteiger partial charge in [0.25, 0.3) is 10.1 Å². The van der Waals surface area contributed by atoms with E-state index in [2.05, 4.69) is 5.32 Å². The highest BCUT2D eigenvalue weighted by Gasteiger charge is 2.18. The van der Waals surface area contributed by atoms with Crippen LogP contribution in [0.3, 0.4) is 0 Å². The Morgan fingerprint density at radius 2 is 1.85 bits per heavy atom. The van der Waals surface area contributed by atoms with Gasteiger partial charge in [0.1, 0.15) is 19.3 Å². The Kier molecular flexibility index (Phi) is 7.49. The molecule has 0 bridgehead atoms. The van der Waals surface area contributed by atoms with Gasteiger partial charge in [-0.1, -0.05) is 29.2 Å². The lowest BCUT2D eigenvalue weighted by molar-refractivity contribution is 0.0528. The molecule has 3 rings (SSSR count). The van der Waals surface area contributed by atoms with Gasteiger partial charge in [-0.05, 0) is 52.0 Å². The average Bonchev–Trinajstić information content (AvgIpc) is 3.03. The van der Waals surface area contributed by atoms with Crippen molar-refractivity contribution in [2.45, 2.75) is 51.2 Å². The summed E-state index contributed by atoms with van der Waals surface area (Å²) in [5.74, 6) is 0.725. The lowest BCUT2D eigenvalue weighted by atomic mass is 9.96. The summed E-state index contributed by atoms with van der Waals surface area (Å²) in [5.41, 5.74) is 3.16. The summed E-state index contributed by atoms with van der Waals surface area (Å²) >= 11 is 0. The SMILES string of the molecule is Bc1ccc2c(c1)nc(CCNC(=O)OC(C)(C)C)n2CCOS(=O)(=O)c1ccc(C)cc1. The number of fused-ring (bicyclic) bond motifs is 1. The number of carbonyl (C=O) groups is 1. The summed E-state index contributed by atoms with van der Waals surface area (Å²) in [6.07, 6.45) is -0.0361. The number of hydrogen-bond donors (Lipinski definition) is 1. The number of ether oxygens (including phenoxy) is 1. The van der Waals surface area contributed by atoms with Crippen LogP contribution in [0.1, 0.15) is 32.2 Å². The first kappa shape index (κ1) is 24.8. The molecule has 0 aliphatic heterocycles. The van der Waals surface area contributed by atoms with Crippen LogP contribution in [0.25, 0.3) is 11.0 Å². The number of amides is 1. The first-order chi connectivity index (χ1) is 15.4. The summed E-state index contributed by atoms with van der Waals surface area (Å²) < 4.78 is 37.5. The highest BCUT2D eigenvalue weighted by atomic mass is 32.2. The summed E-state index contributed by atoms with van der Waals surface area (Å²) in [6.45, 7) is 7.90. The fourth-order valence-corrected chi connectivity index (χ4v) is 4.23. The van der Waals surface area contributed by atoms with Crippen LogP contribution in [0.5, 0.6) is 0 Å². The molecular formula is C23H30BN3O5S. The van der Waals surface area contributed by atoms with Gasteiger partial charge in [0, 0.05) is 19.5 Å². The lowest BCUT2D eigenvalue weighted by Gasteiger charge is -2.19. The number of nitrogens with zero attached hydrogens (tertiary/aromatic N) is 2. The van der Waals surface area contributed by atoms with Crippen molar-refractivity contribution in [2.24, 2.45) is 0 Å². The molecule has 1 aromatic heterocycles. The van der Waals surface area contributed by atoms with Crippen LogP contribution in [0.2, 0.25) is 0 Å². The van der Waals surface area contributed by atoms with Crippen molar-refractivity contribution in [1.29, 1.82) is 0 Å². The van der Waals surface area contributed by atoms with Gasteiger partial charge in [-0.25, -0.2) is 9.78 Å². The average molecular weight is 471 g/mol. The van der Waals surface area contributed by atoms with Crippen LogP contribution in [0.15, 0.2) is 47.4 Å². The van der Waals surface area contributed by atoms with Gasteiger partial charge in [-0.15, -0.1) is 0 Å². The molecule has 1 heterocycles. The first-order valence-electron chi connectivity index (χ1n) is 10.8. The van der Waals surface area contributed by atoms with Gasteiger partial charge < -0.3 is 14.6 Å². The van der Waals surface area contributed by atoms with Crippen LogP contribution in [0.4, 0.5) is 4.79 Å². The molecule has 0 atom stereocenters. The van der Waals surface area contributed by atoms with Crippen LogP contribution in [-0.4, -0.2) is 50.7 Å². The molecule has 3 aromatic rings. The largest absolute Gasteiger partial charge is 0.444 e. The minimum atomic E-state index is -3.86. The molecular weight excluding hydrogens is 441 g/mol. The molecule has 176 valence electrons. The summed E-state index contributed by atoms with van der Waals surface area (Å²) in [4.78, 5) is 16.8. The monoisotopic (exact) mass is 471 g/mol. The van der Waals surface area contributed by atoms with Gasteiger partial charge in [0.15, 0.2) is 0 Å². The smallest absolute Gasteiger partial charge is 0.407 e. The maximum Gasteiger partial charge on any atom is 0.407 e. The molecule has 0 saturated heterocycles. The number of benzene rings is 2. The van der Waals surface area contributed by atoms with Crippen LogP contribution >= 0.6 is 0 Å². The number of rotatable bonds is 8. The lowest BCUT2D eigenvalue weighted by Crippen LogP contribution is -2.33. The summed E-state index contributed by atoms with van der Waals surface area (Å²) in [5, 5.41) is 2.74. The van der Waals surface area contributed by atoms with Crippen LogP contribution in [-0.2, 0) is 32.0 Å². The second kappa shape index (κ2) is 9.97. The Bertz CT molecular complexity index is 1230. The van der Waals surface area contributed by atoms with Gasteiger partial charge in [0.2, 0.25) is 0 Å². The molecule has 1 amide bonds. The minimum Gasteiger partial charge on any atom is -0.444 e. The van der Waals surface area contributed by atoms with Crippen LogP contribution in [0, 0.1) is 6.92 Å². The molecule has 0 fully saturated rings. The predicted molar refractivity (Wildman–Crippen MR) is 130 cm³/mol. The highest BCUT2D eigenvalue weighted by Crippen LogP contribution is 2.17. The summed E-state index contributed by atoms with van der Waals surface area (Å²) in [6, 6.07) is 12.4. The van der Waals surface area contributed by atoms with E-state index in [4.69, 9.17) is 13.9 Å². The molecule has 2 aromatic carbocycles. The van der Waals surface area contributed by atoms with Crippen molar-refractivity contribution in [3.05, 3.63) is 53.9 Å². The van der Waals surface area contributed by atoms with Crippen molar-refractivity contribution >= 4 is 40.6 Å². The molecule has 1 N–H and O–H groups in total. The number of aryl methyl sites for hydroxylation is 1. The van der Waals surface area contributed by atoms with E-state index in [0.717, 1.165) is 27.9 Å². The zero-order chi connectivity index (χ0) is 24.2. The van der Waals surface area contributed by atoms with Crippen molar-refractivity contribution in [2.75, 3.05) is 13.2 Å². The van der Waals surface area contributed by atoms with Crippen molar-refractivity contribution in [3.63, 3.8) is 0 Å². The van der Waals surface area contributed by atoms with E-state index in [1.165, 1.54) is 12.1 Å². The quantitative estimate of drug-likeness (QED) is 0.399. The Labute approximate surface area is 195 Å². The number of alkyl carbamates (subject to hydrolysis) is 1. The maximum absolute atomic E-state index is 12.5. The number of nitrogens with one attached hydrogen (secondary N) is 1. The van der Waals surface area contributed by atoms with Gasteiger partial charge in [-0.3, -0.25) is 4.18 Å². The molecule has 0 spiro atoms.